The number of ether oxygens (including phenoxy) is 1. The van der Waals surface area contributed by atoms with Gasteiger partial charge < -0.3 is 10.1 Å². The second-order valence-electron chi connectivity index (χ2n) is 7.20. The Bertz CT molecular complexity index is 730. The van der Waals surface area contributed by atoms with Crippen LogP contribution in [0.4, 0.5) is 5.69 Å². The van der Waals surface area contributed by atoms with Gasteiger partial charge in [-0.25, -0.2) is 0 Å². The van der Waals surface area contributed by atoms with Crippen LogP contribution in [0.25, 0.3) is 0 Å². The molecule has 1 aliphatic carbocycles. The van der Waals surface area contributed by atoms with Crippen molar-refractivity contribution in [1.82, 2.24) is 0 Å². The number of amides is 1. The van der Waals surface area contributed by atoms with Gasteiger partial charge in [0.05, 0.1) is 0 Å². The van der Waals surface area contributed by atoms with Crippen molar-refractivity contribution in [1.29, 1.82) is 0 Å². The van der Waals surface area contributed by atoms with Gasteiger partial charge in [-0.15, -0.1) is 0 Å². The van der Waals surface area contributed by atoms with Crippen LogP contribution in [0.1, 0.15) is 61.6 Å². The number of carbonyl (C=O) groups is 1. The SMILES string of the molecule is CCc1cccc(C)c1NC(=O)COc1ccc(C2CCCCC2)cc1. The van der Waals surface area contributed by atoms with Crippen molar-refractivity contribution in [2.75, 3.05) is 11.9 Å². The minimum absolute atomic E-state index is 0.0280. The maximum atomic E-state index is 12.3. The summed E-state index contributed by atoms with van der Waals surface area (Å²) >= 11 is 0. The second-order valence-corrected chi connectivity index (χ2v) is 7.20. The quantitative estimate of drug-likeness (QED) is 0.733. The van der Waals surface area contributed by atoms with Crippen molar-refractivity contribution in [3.05, 3.63) is 59.2 Å². The average molecular weight is 351 g/mol. The molecule has 26 heavy (non-hydrogen) atoms. The molecular weight excluding hydrogens is 322 g/mol. The van der Waals surface area contributed by atoms with Crippen LogP contribution >= 0.6 is 0 Å². The number of hydrogen-bond acceptors (Lipinski definition) is 2. The smallest absolute Gasteiger partial charge is 0.262 e. The minimum atomic E-state index is -0.120. The zero-order chi connectivity index (χ0) is 18.4. The molecule has 1 amide bonds. The Balaban J connectivity index is 1.55. The molecule has 0 atom stereocenters. The summed E-state index contributed by atoms with van der Waals surface area (Å²) in [5.41, 5.74) is 4.54. The minimum Gasteiger partial charge on any atom is -0.484 e. The van der Waals surface area contributed by atoms with E-state index in [4.69, 9.17) is 4.74 Å². The summed E-state index contributed by atoms with van der Waals surface area (Å²) in [6.07, 6.45) is 7.51. The predicted octanol–water partition coefficient (Wildman–Crippen LogP) is 5.62. The van der Waals surface area contributed by atoms with Crippen LogP contribution in [0.3, 0.4) is 0 Å². The molecule has 2 aromatic rings. The van der Waals surface area contributed by atoms with E-state index in [0.29, 0.717) is 5.92 Å². The molecule has 1 aliphatic rings. The van der Waals surface area contributed by atoms with E-state index < -0.39 is 0 Å². The number of aryl methyl sites for hydroxylation is 2. The maximum Gasteiger partial charge on any atom is 0.262 e. The second kappa shape index (κ2) is 8.88. The number of hydrogen-bond donors (Lipinski definition) is 1. The Hall–Kier alpha value is -2.29. The van der Waals surface area contributed by atoms with Gasteiger partial charge in [-0.1, -0.05) is 56.5 Å². The lowest BCUT2D eigenvalue weighted by Gasteiger charge is -2.22. The van der Waals surface area contributed by atoms with E-state index in [-0.39, 0.29) is 12.5 Å². The standard InChI is InChI=1S/C23H29NO2/c1-3-18-11-7-8-17(2)23(18)24-22(25)16-26-21-14-12-20(13-15-21)19-9-5-4-6-10-19/h7-8,11-15,19H,3-6,9-10,16H2,1-2H3,(H,24,25). The highest BCUT2D eigenvalue weighted by Gasteiger charge is 2.15. The highest BCUT2D eigenvalue weighted by atomic mass is 16.5. The summed E-state index contributed by atoms with van der Waals surface area (Å²) in [6.45, 7) is 4.13. The first kappa shape index (κ1) is 18.5. The summed E-state index contributed by atoms with van der Waals surface area (Å²) < 4.78 is 5.68. The van der Waals surface area contributed by atoms with Crippen molar-refractivity contribution in [3.8, 4) is 5.75 Å². The maximum absolute atomic E-state index is 12.3. The van der Waals surface area contributed by atoms with Crippen molar-refractivity contribution in [3.63, 3.8) is 0 Å². The number of nitrogens with one attached hydrogen (secondary N) is 1. The fourth-order valence-electron chi connectivity index (χ4n) is 3.80. The third-order valence-electron chi connectivity index (χ3n) is 5.33. The molecule has 3 heteroatoms. The number of para-hydroxylation sites is 1. The van der Waals surface area contributed by atoms with Gasteiger partial charge in [-0.2, -0.15) is 0 Å². The van der Waals surface area contributed by atoms with Crippen LogP contribution in [0, 0.1) is 6.92 Å². The molecule has 1 saturated carbocycles. The number of rotatable bonds is 6. The number of anilines is 1. The van der Waals surface area contributed by atoms with Gasteiger partial charge >= 0.3 is 0 Å². The Labute approximate surface area is 156 Å². The topological polar surface area (TPSA) is 38.3 Å². The third-order valence-corrected chi connectivity index (χ3v) is 5.33. The molecule has 3 nitrogen and oxygen atoms in total. The number of carbonyl (C=O) groups excluding carboxylic acids is 1. The largest absolute Gasteiger partial charge is 0.484 e. The van der Waals surface area contributed by atoms with Crippen LogP contribution < -0.4 is 10.1 Å². The van der Waals surface area contributed by atoms with Gasteiger partial charge in [0.1, 0.15) is 5.75 Å². The van der Waals surface area contributed by atoms with Gasteiger partial charge in [-0.05, 0) is 60.9 Å². The summed E-state index contributed by atoms with van der Waals surface area (Å²) in [5.74, 6) is 1.32. The predicted molar refractivity (Wildman–Crippen MR) is 107 cm³/mol. The summed E-state index contributed by atoms with van der Waals surface area (Å²) in [6, 6.07) is 14.4. The van der Waals surface area contributed by atoms with Crippen LogP contribution in [0.15, 0.2) is 42.5 Å². The van der Waals surface area contributed by atoms with E-state index in [1.54, 1.807) is 0 Å². The van der Waals surface area contributed by atoms with E-state index in [1.807, 2.05) is 37.3 Å². The Kier molecular flexibility index (Phi) is 6.32. The lowest BCUT2D eigenvalue weighted by molar-refractivity contribution is -0.118. The summed E-state index contributed by atoms with van der Waals surface area (Å²) in [7, 11) is 0. The molecule has 0 aromatic heterocycles. The zero-order valence-electron chi connectivity index (χ0n) is 15.9. The first-order chi connectivity index (χ1) is 12.7. The fourth-order valence-corrected chi connectivity index (χ4v) is 3.80. The zero-order valence-corrected chi connectivity index (χ0v) is 15.9. The average Bonchev–Trinajstić information content (AvgIpc) is 2.69. The fraction of sp³-hybridized carbons (Fsp3) is 0.435. The van der Waals surface area contributed by atoms with Gasteiger partial charge in [0.15, 0.2) is 6.61 Å². The van der Waals surface area contributed by atoms with Crippen LogP contribution in [0.2, 0.25) is 0 Å². The van der Waals surface area contributed by atoms with E-state index in [1.165, 1.54) is 37.7 Å². The Morgan fingerprint density at radius 2 is 1.81 bits per heavy atom. The van der Waals surface area contributed by atoms with Gasteiger partial charge in [-0.3, -0.25) is 4.79 Å². The van der Waals surface area contributed by atoms with Crippen molar-refractivity contribution in [2.45, 2.75) is 58.3 Å². The highest BCUT2D eigenvalue weighted by Crippen LogP contribution is 2.33. The highest BCUT2D eigenvalue weighted by molar-refractivity contribution is 5.93. The molecule has 0 radical (unpaired) electrons. The molecule has 0 aliphatic heterocycles. The van der Waals surface area contributed by atoms with Gasteiger partial charge in [0, 0.05) is 5.69 Å². The monoisotopic (exact) mass is 351 g/mol. The molecule has 0 unspecified atom stereocenters. The van der Waals surface area contributed by atoms with Crippen LogP contribution in [0.5, 0.6) is 5.75 Å². The van der Waals surface area contributed by atoms with Crippen molar-refractivity contribution < 1.29 is 9.53 Å². The molecule has 0 spiro atoms. The normalized spacial score (nSPS) is 14.8. The summed E-state index contributed by atoms with van der Waals surface area (Å²) in [4.78, 5) is 12.3. The molecule has 1 N–H and O–H groups in total. The first-order valence-electron chi connectivity index (χ1n) is 9.78. The lowest BCUT2D eigenvalue weighted by Crippen LogP contribution is -2.21. The van der Waals surface area contributed by atoms with E-state index in [9.17, 15) is 4.79 Å². The van der Waals surface area contributed by atoms with Crippen LogP contribution in [-0.2, 0) is 11.2 Å². The van der Waals surface area contributed by atoms with E-state index >= 15 is 0 Å². The van der Waals surface area contributed by atoms with Gasteiger partial charge in [0.2, 0.25) is 0 Å². The van der Waals surface area contributed by atoms with Crippen molar-refractivity contribution >= 4 is 11.6 Å². The van der Waals surface area contributed by atoms with Crippen LogP contribution in [-0.4, -0.2) is 12.5 Å². The van der Waals surface area contributed by atoms with Crippen molar-refractivity contribution in [2.24, 2.45) is 0 Å². The Morgan fingerprint density at radius 3 is 2.50 bits per heavy atom. The molecule has 0 heterocycles. The van der Waals surface area contributed by atoms with E-state index in [0.717, 1.165) is 29.0 Å². The molecule has 1 fully saturated rings. The Morgan fingerprint density at radius 1 is 1.08 bits per heavy atom. The molecule has 138 valence electrons. The molecular formula is C23H29NO2. The lowest BCUT2D eigenvalue weighted by atomic mass is 9.84. The molecule has 3 rings (SSSR count). The molecule has 0 saturated heterocycles. The number of benzene rings is 2. The third kappa shape index (κ3) is 4.66. The first-order valence-corrected chi connectivity index (χ1v) is 9.78. The molecule has 2 aromatic carbocycles. The summed E-state index contributed by atoms with van der Waals surface area (Å²) in [5, 5.41) is 3.00. The molecule has 0 bridgehead atoms. The van der Waals surface area contributed by atoms with Gasteiger partial charge in [0.25, 0.3) is 5.91 Å². The van der Waals surface area contributed by atoms with E-state index in [2.05, 4.69) is 24.4 Å².